The lowest BCUT2D eigenvalue weighted by atomic mass is 10.1. The average molecular weight is 461 g/mol. The number of para-hydroxylation sites is 1. The minimum atomic E-state index is -3.72. The topological polar surface area (TPSA) is 107 Å². The van der Waals surface area contributed by atoms with Crippen LogP contribution in [0.3, 0.4) is 0 Å². The van der Waals surface area contributed by atoms with E-state index >= 15 is 0 Å². The van der Waals surface area contributed by atoms with E-state index in [1.54, 1.807) is 23.0 Å². The number of primary sulfonamides is 1. The number of benzene rings is 3. The zero-order valence-electron chi connectivity index (χ0n) is 18.1. The smallest absolute Gasteiger partial charge is 0.255 e. The second-order valence-corrected chi connectivity index (χ2v) is 9.30. The summed E-state index contributed by atoms with van der Waals surface area (Å²) in [6, 6.07) is 23.8. The van der Waals surface area contributed by atoms with Crippen molar-refractivity contribution < 1.29 is 13.2 Å². The van der Waals surface area contributed by atoms with E-state index in [-0.39, 0.29) is 10.8 Å². The molecular weight excluding hydrogens is 436 g/mol. The first-order valence-corrected chi connectivity index (χ1v) is 12.0. The van der Waals surface area contributed by atoms with Gasteiger partial charge in [-0.25, -0.2) is 18.2 Å². The van der Waals surface area contributed by atoms with E-state index in [2.05, 4.69) is 5.32 Å². The minimum absolute atomic E-state index is 0.0615. The molecule has 0 atom stereocenters. The molecule has 0 unspecified atom stereocenters. The van der Waals surface area contributed by atoms with Crippen LogP contribution in [-0.2, 0) is 16.4 Å². The summed E-state index contributed by atoms with van der Waals surface area (Å²) in [6.07, 6.45) is 2.28. The van der Waals surface area contributed by atoms with Gasteiger partial charge in [0.05, 0.1) is 16.1 Å². The lowest BCUT2D eigenvalue weighted by Crippen LogP contribution is -2.26. The first-order valence-electron chi connectivity index (χ1n) is 10.4. The molecule has 7 nitrogen and oxygen atoms in total. The predicted molar refractivity (Wildman–Crippen MR) is 128 cm³/mol. The van der Waals surface area contributed by atoms with Crippen molar-refractivity contribution in [2.24, 2.45) is 5.14 Å². The van der Waals surface area contributed by atoms with Crippen molar-refractivity contribution in [3.63, 3.8) is 0 Å². The minimum Gasteiger partial charge on any atom is -0.352 e. The summed E-state index contributed by atoms with van der Waals surface area (Å²) in [5.74, 6) is -0.227. The van der Waals surface area contributed by atoms with E-state index in [1.807, 2.05) is 61.5 Å². The summed E-state index contributed by atoms with van der Waals surface area (Å²) in [7, 11) is -3.72. The van der Waals surface area contributed by atoms with Crippen LogP contribution in [0.15, 0.2) is 90.0 Å². The van der Waals surface area contributed by atoms with Crippen molar-refractivity contribution in [3.8, 4) is 16.9 Å². The van der Waals surface area contributed by atoms with Crippen molar-refractivity contribution >= 4 is 15.9 Å². The molecule has 8 heteroatoms. The number of nitrogens with zero attached hydrogens (tertiary/aromatic N) is 2. The fourth-order valence-corrected chi connectivity index (χ4v) is 4.04. The Labute approximate surface area is 192 Å². The molecule has 1 amide bonds. The largest absolute Gasteiger partial charge is 0.352 e. The third-order valence-corrected chi connectivity index (χ3v) is 6.15. The zero-order valence-corrected chi connectivity index (χ0v) is 18.9. The molecule has 0 aliphatic heterocycles. The number of sulfonamides is 1. The molecule has 1 aromatic heterocycles. The molecule has 0 fully saturated rings. The van der Waals surface area contributed by atoms with Gasteiger partial charge in [0.25, 0.3) is 5.91 Å². The van der Waals surface area contributed by atoms with Crippen molar-refractivity contribution in [1.82, 2.24) is 15.1 Å². The summed E-state index contributed by atoms with van der Waals surface area (Å²) in [5, 5.41) is 12.8. The molecule has 0 aliphatic carbocycles. The Morgan fingerprint density at radius 2 is 1.73 bits per heavy atom. The summed E-state index contributed by atoms with van der Waals surface area (Å²) in [4.78, 5) is 13.1. The maximum atomic E-state index is 13.1. The van der Waals surface area contributed by atoms with Crippen molar-refractivity contribution in [2.45, 2.75) is 18.2 Å². The number of hydrogen-bond acceptors (Lipinski definition) is 4. The molecule has 33 heavy (non-hydrogen) atoms. The Morgan fingerprint density at radius 1 is 1.00 bits per heavy atom. The monoisotopic (exact) mass is 460 g/mol. The number of hydrogen-bond donors (Lipinski definition) is 2. The van der Waals surface area contributed by atoms with Crippen LogP contribution in [0.2, 0.25) is 0 Å². The molecule has 0 saturated heterocycles. The number of carbonyl (C=O) groups excluding carboxylic acids is 1. The lowest BCUT2D eigenvalue weighted by Gasteiger charge is -2.07. The van der Waals surface area contributed by atoms with Crippen LogP contribution in [0, 0.1) is 6.92 Å². The van der Waals surface area contributed by atoms with E-state index in [9.17, 15) is 13.2 Å². The van der Waals surface area contributed by atoms with Gasteiger partial charge < -0.3 is 5.32 Å². The van der Waals surface area contributed by atoms with Gasteiger partial charge in [-0.05, 0) is 49.2 Å². The third kappa shape index (κ3) is 5.36. The van der Waals surface area contributed by atoms with E-state index in [0.717, 1.165) is 22.4 Å². The maximum absolute atomic E-state index is 13.1. The highest BCUT2D eigenvalue weighted by atomic mass is 32.2. The van der Waals surface area contributed by atoms with Crippen LogP contribution in [-0.4, -0.2) is 30.7 Å². The van der Waals surface area contributed by atoms with Crippen LogP contribution in [0.25, 0.3) is 16.9 Å². The molecule has 0 spiro atoms. The van der Waals surface area contributed by atoms with E-state index in [1.165, 1.54) is 12.1 Å². The van der Waals surface area contributed by atoms with Gasteiger partial charge in [-0.1, -0.05) is 54.1 Å². The van der Waals surface area contributed by atoms with Gasteiger partial charge in [0.1, 0.15) is 5.69 Å². The summed E-state index contributed by atoms with van der Waals surface area (Å²) >= 11 is 0. The van der Waals surface area contributed by atoms with Gasteiger partial charge in [0.2, 0.25) is 10.0 Å². The molecule has 4 aromatic rings. The third-order valence-electron chi connectivity index (χ3n) is 5.22. The highest BCUT2D eigenvalue weighted by Crippen LogP contribution is 2.24. The second-order valence-electron chi connectivity index (χ2n) is 7.74. The molecule has 0 radical (unpaired) electrons. The number of amides is 1. The van der Waals surface area contributed by atoms with Gasteiger partial charge in [0.15, 0.2) is 0 Å². The van der Waals surface area contributed by atoms with E-state index in [0.29, 0.717) is 24.2 Å². The molecule has 4 rings (SSSR count). The predicted octanol–water partition coefficient (Wildman–Crippen LogP) is 3.47. The Kier molecular flexibility index (Phi) is 6.39. The second kappa shape index (κ2) is 9.40. The van der Waals surface area contributed by atoms with Crippen molar-refractivity contribution in [3.05, 3.63) is 102 Å². The Morgan fingerprint density at radius 3 is 2.39 bits per heavy atom. The first kappa shape index (κ1) is 22.4. The Balaban J connectivity index is 1.54. The number of carbonyl (C=O) groups is 1. The molecular formula is C25H24N4O3S. The molecule has 168 valence electrons. The highest BCUT2D eigenvalue weighted by molar-refractivity contribution is 7.89. The van der Waals surface area contributed by atoms with Crippen LogP contribution in [0.4, 0.5) is 0 Å². The first-order chi connectivity index (χ1) is 15.8. The summed E-state index contributed by atoms with van der Waals surface area (Å²) in [5.41, 5.74) is 4.79. The van der Waals surface area contributed by atoms with Gasteiger partial charge in [-0.2, -0.15) is 5.10 Å². The van der Waals surface area contributed by atoms with Gasteiger partial charge in [-0.15, -0.1) is 0 Å². The molecule has 3 aromatic carbocycles. The van der Waals surface area contributed by atoms with Gasteiger partial charge in [-0.3, -0.25) is 4.79 Å². The highest BCUT2D eigenvalue weighted by Gasteiger charge is 2.18. The SMILES string of the molecule is Cc1cccc(-c2nn(-c3ccccc3)cc2C(=O)NCCc2ccc(S(N)(=O)=O)cc2)c1. The standard InChI is InChI=1S/C25H24N4O3S/c1-18-6-5-7-20(16-18)24-23(17-29(28-24)21-8-3-2-4-9-21)25(30)27-15-14-19-10-12-22(13-11-19)33(26,31)32/h2-13,16-17H,14-15H2,1H3,(H,27,30)(H2,26,31,32). The molecule has 0 aliphatic rings. The summed E-state index contributed by atoms with van der Waals surface area (Å²) in [6.45, 7) is 2.38. The van der Waals surface area contributed by atoms with Gasteiger partial charge >= 0.3 is 0 Å². The van der Waals surface area contributed by atoms with Crippen LogP contribution < -0.4 is 10.5 Å². The van der Waals surface area contributed by atoms with Crippen LogP contribution in [0.1, 0.15) is 21.5 Å². The number of aromatic nitrogens is 2. The molecule has 3 N–H and O–H groups in total. The Hall–Kier alpha value is -3.75. The van der Waals surface area contributed by atoms with Crippen molar-refractivity contribution in [2.75, 3.05) is 6.54 Å². The number of aryl methyl sites for hydroxylation is 1. The average Bonchev–Trinajstić information content (AvgIpc) is 3.25. The lowest BCUT2D eigenvalue weighted by molar-refractivity contribution is 0.0954. The van der Waals surface area contributed by atoms with Gasteiger partial charge in [0, 0.05) is 18.3 Å². The summed E-state index contributed by atoms with van der Waals surface area (Å²) < 4.78 is 24.5. The van der Waals surface area contributed by atoms with E-state index in [4.69, 9.17) is 10.2 Å². The fourth-order valence-electron chi connectivity index (χ4n) is 3.52. The van der Waals surface area contributed by atoms with Crippen LogP contribution in [0.5, 0.6) is 0 Å². The van der Waals surface area contributed by atoms with Crippen molar-refractivity contribution in [1.29, 1.82) is 0 Å². The van der Waals surface area contributed by atoms with E-state index < -0.39 is 10.0 Å². The quantitative estimate of drug-likeness (QED) is 0.440. The van der Waals surface area contributed by atoms with Crippen LogP contribution >= 0.6 is 0 Å². The number of nitrogens with one attached hydrogen (secondary N) is 1. The number of rotatable bonds is 7. The maximum Gasteiger partial charge on any atom is 0.255 e. The zero-order chi connectivity index (χ0) is 23.4. The Bertz CT molecular complexity index is 1380. The normalized spacial score (nSPS) is 11.3. The molecule has 1 heterocycles. The fraction of sp³-hybridized carbons (Fsp3) is 0.120. The number of nitrogens with two attached hydrogens (primary N) is 1. The molecule has 0 saturated carbocycles. The molecule has 0 bridgehead atoms.